The molecule has 2 N–H and O–H groups in total. The molecular weight excluding hydrogens is 1440 g/mol. The number of ether oxygens (including phenoxy) is 11. The van der Waals surface area contributed by atoms with Gasteiger partial charge in [-0.3, -0.25) is 33.6 Å². The average Bonchev–Trinajstić information content (AvgIpc) is 1.65. The lowest BCUT2D eigenvalue weighted by Gasteiger charge is -2.40. The van der Waals surface area contributed by atoms with Gasteiger partial charge in [0.2, 0.25) is 6.29 Å². The molecule has 2 aliphatic heterocycles. The third-order valence-electron chi connectivity index (χ3n) is 21.2. The van der Waals surface area contributed by atoms with Gasteiger partial charge in [-0.15, -0.1) is 0 Å². The maximum atomic E-state index is 12.6. The first-order valence-electron chi connectivity index (χ1n) is 39.9. The van der Waals surface area contributed by atoms with Gasteiger partial charge in [0.15, 0.2) is 6.29 Å². The van der Waals surface area contributed by atoms with E-state index >= 15 is 0 Å². The average molecular weight is 1580 g/mol. The van der Waals surface area contributed by atoms with Crippen LogP contribution in [-0.4, -0.2) is 142 Å². The van der Waals surface area contributed by atoms with E-state index in [0.29, 0.717) is 25.7 Å². The number of carbonyl (C=O) groups is 7. The summed E-state index contributed by atoms with van der Waals surface area (Å²) in [6.07, 6.45) is 38.6. The minimum atomic E-state index is -0.962. The van der Waals surface area contributed by atoms with Gasteiger partial charge in [0.25, 0.3) is 6.47 Å². The van der Waals surface area contributed by atoms with Gasteiger partial charge in [0.1, 0.15) is 25.9 Å². The van der Waals surface area contributed by atoms with Crippen LogP contribution < -0.4 is 0 Å². The van der Waals surface area contributed by atoms with E-state index in [9.17, 15) is 43.8 Å². The maximum absolute atomic E-state index is 12.6. The zero-order chi connectivity index (χ0) is 84.9. The minimum Gasteiger partial charge on any atom is -0.469 e. The molecule has 0 spiro atoms. The van der Waals surface area contributed by atoms with Crippen LogP contribution in [0.2, 0.25) is 0 Å². The Hall–Kier alpha value is -8.01. The lowest BCUT2D eigenvalue weighted by Crippen LogP contribution is -2.41. The summed E-state index contributed by atoms with van der Waals surface area (Å²) in [5.74, 6) is -3.37. The Kier molecular flexibility index (Phi) is 43.6. The molecule has 20 heteroatoms. The number of carbonyl (C=O) groups excluding carboxylic acids is 7. The number of fused-ring (bicyclic) bond motifs is 1. The van der Waals surface area contributed by atoms with E-state index in [1.54, 1.807) is 66.4 Å². The van der Waals surface area contributed by atoms with Crippen LogP contribution in [0.25, 0.3) is 0 Å². The summed E-state index contributed by atoms with van der Waals surface area (Å²) < 4.78 is 60.1. The minimum absolute atomic E-state index is 0.00302. The molecule has 1 fully saturated rings. The molecule has 113 heavy (non-hydrogen) atoms. The van der Waals surface area contributed by atoms with Gasteiger partial charge >= 0.3 is 35.8 Å². The Morgan fingerprint density at radius 2 is 0.991 bits per heavy atom. The normalized spacial score (nSPS) is 26.4. The highest BCUT2D eigenvalue weighted by atomic mass is 16.7. The van der Waals surface area contributed by atoms with Crippen molar-refractivity contribution < 1.29 is 95.9 Å². The highest BCUT2D eigenvalue weighted by Gasteiger charge is 2.52. The first kappa shape index (κ1) is 99.2. The number of epoxide rings is 1. The van der Waals surface area contributed by atoms with Crippen molar-refractivity contribution in [3.63, 3.8) is 0 Å². The summed E-state index contributed by atoms with van der Waals surface area (Å²) >= 11 is 0. The molecule has 0 saturated carbocycles. The van der Waals surface area contributed by atoms with E-state index in [0.717, 1.165) is 141 Å². The molecule has 630 valence electrons. The van der Waals surface area contributed by atoms with Gasteiger partial charge < -0.3 is 62.3 Å². The Morgan fingerprint density at radius 3 is 1.40 bits per heavy atom. The van der Waals surface area contributed by atoms with Crippen molar-refractivity contribution in [2.24, 2.45) is 47.3 Å². The number of aliphatic hydroxyl groups is 2. The monoisotopic (exact) mass is 1570 g/mol. The summed E-state index contributed by atoms with van der Waals surface area (Å²) in [7, 11) is 6.07. The first-order valence-corrected chi connectivity index (χ1v) is 39.9. The van der Waals surface area contributed by atoms with Crippen LogP contribution in [0.5, 0.6) is 0 Å². The topological polar surface area (TPSA) is 265 Å². The predicted molar refractivity (Wildman–Crippen MR) is 444 cm³/mol. The number of esters is 6. The summed E-state index contributed by atoms with van der Waals surface area (Å²) in [5, 5.41) is 19.9. The van der Waals surface area contributed by atoms with Crippen molar-refractivity contribution in [2.75, 3.05) is 48.3 Å². The molecule has 0 amide bonds. The summed E-state index contributed by atoms with van der Waals surface area (Å²) in [6, 6.07) is 0. The van der Waals surface area contributed by atoms with Crippen molar-refractivity contribution >= 4 is 42.3 Å². The van der Waals surface area contributed by atoms with Crippen LogP contribution in [-0.2, 0) is 85.7 Å². The molecule has 0 aromatic heterocycles. The number of allylic oxidation sites excluding steroid dienone is 15. The predicted octanol–water partition coefficient (Wildman–Crippen LogP) is 18.5. The van der Waals surface area contributed by atoms with Gasteiger partial charge in [-0.2, -0.15) is 0 Å². The highest BCUT2D eigenvalue weighted by molar-refractivity contribution is 5.77. The van der Waals surface area contributed by atoms with Gasteiger partial charge in [0, 0.05) is 77.6 Å². The molecule has 0 bridgehead atoms. The van der Waals surface area contributed by atoms with Crippen LogP contribution >= 0.6 is 0 Å². The zero-order valence-corrected chi connectivity index (χ0v) is 71.9. The van der Waals surface area contributed by atoms with Crippen molar-refractivity contribution in [2.45, 2.75) is 268 Å². The molecule has 11 atom stereocenters. The fourth-order valence-corrected chi connectivity index (χ4v) is 14.9. The standard InChI is InChI=1S/C24H34O6.C24H38O5.C23H34O4.C22H32O5/c1-14-8-7-9-15(2)22-18(11-10-14)19(13-27-23(22)29-17(4)26)20(28-16(3)25)12-21-24(5,6)30-21;1-17-10-8-11-18(2)22(23(27-6)28-7)21(14-13-17)20(16-29-19(3)25)12-9-15-24(4,5)26;1-16(2)9-7-12-20(15-27-19(5)24)21-14-13-17(3)10-8-11-18(4)22(21)23(25)26-6;1-16-8-6-9-17(2)20(21(24)26-5)19(12-11-16)18(14-27-15-23)10-7-13-22(3,4)25/h8,13,18,20-23H,2,7,9-12H2,1,3-6H3;9-10,12,15,21-23,26H,2,8,11,13-14,16H2,1,3-7H3;9-10,12,21-22H,4,7-8,11,13-15H2,1-3,5-6H3;7-8,10,13,15,19-20,25H,2,6,9,11-12,14H2,1,3-5H3/b14-8+;15-9+,17-10+,20-12-;17-10+,20-12-;13-7+,16-8+,18-10+/t18-,20?,21?,22+,23-;2*21-,22+;19-,20+/m1111/s1. The van der Waals surface area contributed by atoms with Crippen LogP contribution in [0.4, 0.5) is 0 Å². The third-order valence-corrected chi connectivity index (χ3v) is 21.2. The molecule has 1 saturated heterocycles. The van der Waals surface area contributed by atoms with Crippen molar-refractivity contribution in [1.82, 2.24) is 0 Å². The van der Waals surface area contributed by atoms with Crippen molar-refractivity contribution in [3.05, 3.63) is 178 Å². The van der Waals surface area contributed by atoms with E-state index in [-0.39, 0.29) is 103 Å². The van der Waals surface area contributed by atoms with Crippen molar-refractivity contribution in [1.29, 1.82) is 0 Å². The number of hydrogen-bond donors (Lipinski definition) is 2. The van der Waals surface area contributed by atoms with Crippen LogP contribution in [0.3, 0.4) is 0 Å². The van der Waals surface area contributed by atoms with Gasteiger partial charge in [-0.25, -0.2) is 0 Å². The lowest BCUT2D eigenvalue weighted by molar-refractivity contribution is -0.181. The van der Waals surface area contributed by atoms with Crippen LogP contribution in [0.1, 0.15) is 226 Å². The van der Waals surface area contributed by atoms with E-state index < -0.39 is 41.7 Å². The lowest BCUT2D eigenvalue weighted by atomic mass is 9.74. The fourth-order valence-electron chi connectivity index (χ4n) is 14.9. The summed E-state index contributed by atoms with van der Waals surface area (Å²) in [6.45, 7) is 46.9. The van der Waals surface area contributed by atoms with Crippen LogP contribution in [0.15, 0.2) is 178 Å². The van der Waals surface area contributed by atoms with Crippen molar-refractivity contribution in [3.8, 4) is 0 Å². The third kappa shape index (κ3) is 36.6. The molecule has 2 heterocycles. The molecule has 2 unspecified atom stereocenters. The molecular formula is C93H138O20. The van der Waals surface area contributed by atoms with E-state index in [1.165, 1.54) is 69.8 Å². The SMILES string of the molecule is C=C1CC/C=C(\C)CC[C@@H]2C(C(CC3OC3(C)C)OC(C)=O)=CO[C@H](OC(C)=O)[C@@H]12.C=C1CC/C=C(\C)CC[C@H](/C(=C/C=C/C(C)(C)O)COC=O)[C@H]1C(=O)OC.C=C1CC/C=C(\C)CC[C@H](/C(=C\C=C\C(C)(C)O)COC(C)=O)[C@H]1C(OC)OC.C=C1CC/C=C(\C)CC[C@H](/C(=C\CC=C(C)C)COC(C)=O)[C@H]1C(=O)OC. The summed E-state index contributed by atoms with van der Waals surface area (Å²) in [4.78, 5) is 82.5. The molecule has 20 nitrogen and oxygen atoms in total. The Bertz CT molecular complexity index is 3570. The number of rotatable bonds is 26. The van der Waals surface area contributed by atoms with Gasteiger partial charge in [0.05, 0.1) is 61.1 Å². The fraction of sp³-hybridized carbons (Fsp3) is 0.602. The number of methoxy groups -OCH3 is 4. The van der Waals surface area contributed by atoms with E-state index in [2.05, 4.69) is 90.5 Å². The summed E-state index contributed by atoms with van der Waals surface area (Å²) in [5.41, 5.74) is 11.8. The molecule has 6 rings (SSSR count). The molecule has 6 aliphatic rings. The highest BCUT2D eigenvalue weighted by Crippen LogP contribution is 2.48. The Balaban J connectivity index is 0.000000391. The maximum Gasteiger partial charge on any atom is 0.313 e. The second-order valence-electron chi connectivity index (χ2n) is 32.5. The molecule has 4 aliphatic carbocycles. The second-order valence-corrected chi connectivity index (χ2v) is 32.5. The molecule has 0 aromatic carbocycles. The van der Waals surface area contributed by atoms with E-state index in [1.807, 2.05) is 45.9 Å². The van der Waals surface area contributed by atoms with Gasteiger partial charge in [-0.05, 0) is 215 Å². The molecule has 0 aromatic rings. The molecule has 0 radical (unpaired) electrons. The Labute approximate surface area is 676 Å². The largest absolute Gasteiger partial charge is 0.469 e. The zero-order valence-electron chi connectivity index (χ0n) is 71.9. The number of hydrogen-bond acceptors (Lipinski definition) is 20. The smallest absolute Gasteiger partial charge is 0.313 e. The van der Waals surface area contributed by atoms with Gasteiger partial charge in [-0.1, -0.05) is 149 Å². The van der Waals surface area contributed by atoms with E-state index in [4.69, 9.17) is 52.1 Å². The second kappa shape index (κ2) is 49.7. The van der Waals surface area contributed by atoms with Crippen LogP contribution in [0, 0.1) is 47.3 Å². The quantitative estimate of drug-likeness (QED) is 0.0155. The Morgan fingerprint density at radius 1 is 0.566 bits per heavy atom. The first-order chi connectivity index (χ1) is 53.1.